The Hall–Kier alpha value is -0.610. The predicted molar refractivity (Wildman–Crippen MR) is 73.3 cm³/mol. The molecule has 0 aromatic carbocycles. The van der Waals surface area contributed by atoms with E-state index >= 15 is 0 Å². The second-order valence-electron chi connectivity index (χ2n) is 5.32. The second kappa shape index (κ2) is 8.48. The van der Waals surface area contributed by atoms with Crippen molar-refractivity contribution in [2.45, 2.75) is 64.5 Å². The first-order chi connectivity index (χ1) is 8.63. The molecule has 106 valence electrons. The summed E-state index contributed by atoms with van der Waals surface area (Å²) in [4.78, 5) is 14.0. The molecule has 4 heteroatoms. The fourth-order valence-corrected chi connectivity index (χ4v) is 2.28. The molecule has 0 bridgehead atoms. The maximum Gasteiger partial charge on any atom is 0.222 e. The first-order valence-corrected chi connectivity index (χ1v) is 7.28. The van der Waals surface area contributed by atoms with Gasteiger partial charge in [-0.05, 0) is 39.0 Å². The molecule has 2 unspecified atom stereocenters. The van der Waals surface area contributed by atoms with Gasteiger partial charge in [-0.25, -0.2) is 0 Å². The van der Waals surface area contributed by atoms with E-state index < -0.39 is 0 Å². The predicted octanol–water partition coefficient (Wildman–Crippen LogP) is 1.92. The van der Waals surface area contributed by atoms with Gasteiger partial charge in [-0.2, -0.15) is 0 Å². The molecule has 0 aromatic rings. The molecule has 1 fully saturated rings. The van der Waals surface area contributed by atoms with E-state index in [0.29, 0.717) is 12.5 Å². The number of nitrogens with two attached hydrogens (primary N) is 1. The van der Waals surface area contributed by atoms with Crippen LogP contribution < -0.4 is 5.73 Å². The molecule has 0 aromatic heterocycles. The number of carbonyl (C=O) groups is 1. The molecule has 18 heavy (non-hydrogen) atoms. The van der Waals surface area contributed by atoms with Gasteiger partial charge < -0.3 is 15.4 Å². The third-order valence-electron chi connectivity index (χ3n) is 3.40. The van der Waals surface area contributed by atoms with Gasteiger partial charge in [-0.1, -0.05) is 6.92 Å². The molecule has 1 amide bonds. The van der Waals surface area contributed by atoms with E-state index in [1.165, 1.54) is 0 Å². The van der Waals surface area contributed by atoms with Crippen LogP contribution in [-0.4, -0.2) is 42.6 Å². The van der Waals surface area contributed by atoms with Crippen molar-refractivity contribution in [3.05, 3.63) is 0 Å². The average Bonchev–Trinajstić information content (AvgIpc) is 2.58. The minimum atomic E-state index is 0.113. The monoisotopic (exact) mass is 256 g/mol. The highest BCUT2D eigenvalue weighted by atomic mass is 16.5. The summed E-state index contributed by atoms with van der Waals surface area (Å²) in [6.45, 7) is 6.63. The average molecular weight is 256 g/mol. The molecule has 0 radical (unpaired) electrons. The van der Waals surface area contributed by atoms with Gasteiger partial charge >= 0.3 is 0 Å². The Morgan fingerprint density at radius 3 is 2.89 bits per heavy atom. The zero-order valence-corrected chi connectivity index (χ0v) is 11.9. The number of amides is 1. The summed E-state index contributed by atoms with van der Waals surface area (Å²) in [7, 11) is 0. The van der Waals surface area contributed by atoms with E-state index in [4.69, 9.17) is 10.5 Å². The zero-order valence-electron chi connectivity index (χ0n) is 11.9. The summed E-state index contributed by atoms with van der Waals surface area (Å²) in [5.74, 6) is 0.253. The lowest BCUT2D eigenvalue weighted by atomic mass is 10.1. The summed E-state index contributed by atoms with van der Waals surface area (Å²) in [6.07, 6.45) is 5.88. The highest BCUT2D eigenvalue weighted by Crippen LogP contribution is 2.15. The van der Waals surface area contributed by atoms with Crippen LogP contribution in [0, 0.1) is 0 Å². The molecular weight excluding hydrogens is 228 g/mol. The van der Waals surface area contributed by atoms with Crippen LogP contribution in [0.25, 0.3) is 0 Å². The van der Waals surface area contributed by atoms with Crippen molar-refractivity contribution in [2.75, 3.05) is 19.7 Å². The highest BCUT2D eigenvalue weighted by molar-refractivity contribution is 5.76. The number of likely N-dealkylation sites (tertiary alicyclic amines) is 1. The van der Waals surface area contributed by atoms with Crippen LogP contribution in [-0.2, 0) is 9.53 Å². The molecule has 0 saturated carbocycles. The summed E-state index contributed by atoms with van der Waals surface area (Å²) < 4.78 is 5.78. The Morgan fingerprint density at radius 1 is 1.44 bits per heavy atom. The normalized spacial score (nSPS) is 22.6. The molecule has 1 heterocycles. The van der Waals surface area contributed by atoms with Gasteiger partial charge in [0.05, 0.1) is 6.10 Å². The third kappa shape index (κ3) is 5.83. The van der Waals surface area contributed by atoms with Crippen LogP contribution in [0.1, 0.15) is 52.4 Å². The Labute approximate surface area is 111 Å². The number of rotatable bonds is 6. The van der Waals surface area contributed by atoms with Crippen LogP contribution in [0.3, 0.4) is 0 Å². The van der Waals surface area contributed by atoms with Gasteiger partial charge in [-0.15, -0.1) is 0 Å². The number of hydrogen-bond acceptors (Lipinski definition) is 3. The lowest BCUT2D eigenvalue weighted by Crippen LogP contribution is -2.33. The van der Waals surface area contributed by atoms with Crippen LogP contribution >= 0.6 is 0 Å². The van der Waals surface area contributed by atoms with Crippen molar-refractivity contribution < 1.29 is 9.53 Å². The van der Waals surface area contributed by atoms with E-state index in [-0.39, 0.29) is 11.9 Å². The van der Waals surface area contributed by atoms with Crippen molar-refractivity contribution in [1.29, 1.82) is 0 Å². The summed E-state index contributed by atoms with van der Waals surface area (Å²) >= 11 is 0. The van der Waals surface area contributed by atoms with Gasteiger partial charge in [0.25, 0.3) is 0 Å². The Morgan fingerprint density at radius 2 is 2.22 bits per heavy atom. The molecule has 4 nitrogen and oxygen atoms in total. The van der Waals surface area contributed by atoms with Crippen molar-refractivity contribution in [3.63, 3.8) is 0 Å². The standard InChI is InChI=1S/C14H28N2O2/c1-3-11-18-13-5-4-9-16(10-8-13)14(17)7-6-12(2)15/h12-13H,3-11,15H2,1-2H3. The van der Waals surface area contributed by atoms with Crippen LogP contribution in [0.15, 0.2) is 0 Å². The Bertz CT molecular complexity index is 244. The van der Waals surface area contributed by atoms with Crippen molar-refractivity contribution in [3.8, 4) is 0 Å². The van der Waals surface area contributed by atoms with E-state index in [2.05, 4.69) is 6.92 Å². The zero-order chi connectivity index (χ0) is 13.4. The SMILES string of the molecule is CCCOC1CCCN(C(=O)CCC(C)N)CC1. The molecule has 1 aliphatic heterocycles. The topological polar surface area (TPSA) is 55.6 Å². The summed E-state index contributed by atoms with van der Waals surface area (Å²) in [5.41, 5.74) is 5.69. The minimum absolute atomic E-state index is 0.113. The number of carbonyl (C=O) groups excluding carboxylic acids is 1. The second-order valence-corrected chi connectivity index (χ2v) is 5.32. The van der Waals surface area contributed by atoms with Crippen LogP contribution in [0.5, 0.6) is 0 Å². The highest BCUT2D eigenvalue weighted by Gasteiger charge is 2.20. The molecule has 2 atom stereocenters. The fourth-order valence-electron chi connectivity index (χ4n) is 2.28. The molecule has 1 rings (SSSR count). The first kappa shape index (κ1) is 15.4. The minimum Gasteiger partial charge on any atom is -0.378 e. The number of hydrogen-bond donors (Lipinski definition) is 1. The quantitative estimate of drug-likeness (QED) is 0.790. The van der Waals surface area contributed by atoms with Crippen LogP contribution in [0.2, 0.25) is 0 Å². The number of nitrogens with zero attached hydrogens (tertiary/aromatic N) is 1. The van der Waals surface area contributed by atoms with Crippen molar-refractivity contribution in [2.24, 2.45) is 5.73 Å². The largest absolute Gasteiger partial charge is 0.378 e. The van der Waals surface area contributed by atoms with Crippen molar-refractivity contribution in [1.82, 2.24) is 4.90 Å². The third-order valence-corrected chi connectivity index (χ3v) is 3.40. The van der Waals surface area contributed by atoms with Crippen molar-refractivity contribution >= 4 is 5.91 Å². The first-order valence-electron chi connectivity index (χ1n) is 7.28. The van der Waals surface area contributed by atoms with E-state index in [0.717, 1.165) is 51.8 Å². The van der Waals surface area contributed by atoms with Gasteiger partial charge in [0.1, 0.15) is 0 Å². The molecular formula is C14H28N2O2. The van der Waals surface area contributed by atoms with E-state index in [9.17, 15) is 4.79 Å². The Balaban J connectivity index is 2.29. The van der Waals surface area contributed by atoms with Gasteiger partial charge in [0.2, 0.25) is 5.91 Å². The molecule has 2 N–H and O–H groups in total. The number of ether oxygens (including phenoxy) is 1. The lowest BCUT2D eigenvalue weighted by Gasteiger charge is -2.21. The maximum absolute atomic E-state index is 12.0. The van der Waals surface area contributed by atoms with Gasteiger partial charge in [0.15, 0.2) is 0 Å². The smallest absolute Gasteiger partial charge is 0.222 e. The molecule has 0 aliphatic carbocycles. The lowest BCUT2D eigenvalue weighted by molar-refractivity contribution is -0.131. The molecule has 1 saturated heterocycles. The summed E-state index contributed by atoms with van der Waals surface area (Å²) in [6, 6.07) is 0.113. The van der Waals surface area contributed by atoms with E-state index in [1.807, 2.05) is 11.8 Å². The molecule has 0 spiro atoms. The maximum atomic E-state index is 12.0. The van der Waals surface area contributed by atoms with Crippen LogP contribution in [0.4, 0.5) is 0 Å². The van der Waals surface area contributed by atoms with Gasteiger partial charge in [0, 0.05) is 32.2 Å². The Kier molecular flexibility index (Phi) is 7.28. The fraction of sp³-hybridized carbons (Fsp3) is 0.929. The van der Waals surface area contributed by atoms with E-state index in [1.54, 1.807) is 0 Å². The summed E-state index contributed by atoms with van der Waals surface area (Å²) in [5, 5.41) is 0. The molecule has 1 aliphatic rings. The van der Waals surface area contributed by atoms with Gasteiger partial charge in [-0.3, -0.25) is 4.79 Å².